The van der Waals surface area contributed by atoms with Crippen LogP contribution in [0.5, 0.6) is 17.2 Å². The van der Waals surface area contributed by atoms with Crippen LogP contribution in [0.15, 0.2) is 42.5 Å². The molecule has 0 aliphatic carbocycles. The zero-order valence-corrected chi connectivity index (χ0v) is 10.00. The summed E-state index contributed by atoms with van der Waals surface area (Å²) < 4.78 is 4.84. The second-order valence-electron chi connectivity index (χ2n) is 3.52. The van der Waals surface area contributed by atoms with Crippen molar-refractivity contribution in [2.75, 3.05) is 18.6 Å². The fourth-order valence-electron chi connectivity index (χ4n) is 1.17. The zero-order valence-electron chi connectivity index (χ0n) is 10.00. The Balaban J connectivity index is 0.000000184. The molecular weight excluding hydrogens is 232 g/mol. The van der Waals surface area contributed by atoms with Crippen LogP contribution < -0.4 is 16.2 Å². The van der Waals surface area contributed by atoms with Crippen LogP contribution in [0.3, 0.4) is 0 Å². The minimum absolute atomic E-state index is 0.158. The Morgan fingerprint density at radius 3 is 1.89 bits per heavy atom. The van der Waals surface area contributed by atoms with Crippen molar-refractivity contribution in [2.45, 2.75) is 0 Å². The molecule has 18 heavy (non-hydrogen) atoms. The second-order valence-corrected chi connectivity index (χ2v) is 3.52. The van der Waals surface area contributed by atoms with E-state index in [2.05, 4.69) is 0 Å². The second kappa shape index (κ2) is 6.24. The highest BCUT2D eigenvalue weighted by atomic mass is 16.5. The molecule has 2 aromatic carbocycles. The van der Waals surface area contributed by atoms with Crippen molar-refractivity contribution < 1.29 is 14.9 Å². The van der Waals surface area contributed by atoms with E-state index in [0.717, 1.165) is 0 Å². The number of anilines is 2. The number of aromatic hydroxyl groups is 2. The molecule has 0 spiro atoms. The maximum absolute atomic E-state index is 8.93. The minimum atomic E-state index is 0.158. The lowest BCUT2D eigenvalue weighted by atomic mass is 10.3. The topological polar surface area (TPSA) is 102 Å². The molecule has 0 aliphatic heterocycles. The molecule has 6 N–H and O–H groups in total. The molecule has 96 valence electrons. The van der Waals surface area contributed by atoms with E-state index in [4.69, 9.17) is 26.4 Å². The van der Waals surface area contributed by atoms with Crippen LogP contribution >= 0.6 is 0 Å². The summed E-state index contributed by atoms with van der Waals surface area (Å²) in [5, 5.41) is 17.6. The molecule has 0 bridgehead atoms. The van der Waals surface area contributed by atoms with Crippen LogP contribution in [0.1, 0.15) is 0 Å². The molecule has 0 aromatic heterocycles. The van der Waals surface area contributed by atoms with Crippen molar-refractivity contribution in [3.05, 3.63) is 42.5 Å². The van der Waals surface area contributed by atoms with E-state index >= 15 is 0 Å². The zero-order chi connectivity index (χ0) is 13.5. The third-order valence-electron chi connectivity index (χ3n) is 2.11. The van der Waals surface area contributed by atoms with Gasteiger partial charge in [-0.1, -0.05) is 0 Å². The van der Waals surface area contributed by atoms with Gasteiger partial charge < -0.3 is 26.4 Å². The molecule has 5 nitrogen and oxygen atoms in total. The molecule has 0 amide bonds. The SMILES string of the molecule is COc1cc(O)ccc1N.Nc1ccc(O)cc1. The van der Waals surface area contributed by atoms with Gasteiger partial charge in [0.1, 0.15) is 17.2 Å². The molecule has 0 atom stereocenters. The lowest BCUT2D eigenvalue weighted by molar-refractivity contribution is 0.410. The van der Waals surface area contributed by atoms with Gasteiger partial charge in [-0.2, -0.15) is 0 Å². The summed E-state index contributed by atoms with van der Waals surface area (Å²) in [6.45, 7) is 0. The van der Waals surface area contributed by atoms with Gasteiger partial charge in [0.2, 0.25) is 0 Å². The van der Waals surface area contributed by atoms with E-state index in [1.165, 1.54) is 19.2 Å². The summed E-state index contributed by atoms with van der Waals surface area (Å²) in [6.07, 6.45) is 0. The Labute approximate surface area is 105 Å². The van der Waals surface area contributed by atoms with Gasteiger partial charge in [-0.15, -0.1) is 0 Å². The van der Waals surface area contributed by atoms with E-state index < -0.39 is 0 Å². The molecular formula is C13H16N2O3. The third kappa shape index (κ3) is 4.13. The van der Waals surface area contributed by atoms with Gasteiger partial charge in [0.15, 0.2) is 0 Å². The molecule has 0 saturated carbocycles. The van der Waals surface area contributed by atoms with Crippen LogP contribution in [-0.2, 0) is 0 Å². The quantitative estimate of drug-likeness (QED) is 0.456. The number of nitrogen functional groups attached to an aromatic ring is 2. The highest BCUT2D eigenvalue weighted by Gasteiger charge is 1.97. The molecule has 0 radical (unpaired) electrons. The average Bonchev–Trinajstić information content (AvgIpc) is 2.37. The van der Waals surface area contributed by atoms with Gasteiger partial charge in [-0.3, -0.25) is 0 Å². The van der Waals surface area contributed by atoms with E-state index in [9.17, 15) is 0 Å². The number of benzene rings is 2. The monoisotopic (exact) mass is 248 g/mol. The summed E-state index contributed by atoms with van der Waals surface area (Å²) in [6, 6.07) is 11.0. The first kappa shape index (κ1) is 13.5. The average molecular weight is 248 g/mol. The predicted molar refractivity (Wildman–Crippen MR) is 71.6 cm³/mol. The number of ether oxygens (including phenoxy) is 1. The van der Waals surface area contributed by atoms with Gasteiger partial charge in [-0.25, -0.2) is 0 Å². The Hall–Kier alpha value is -2.56. The first-order valence-electron chi connectivity index (χ1n) is 5.20. The van der Waals surface area contributed by atoms with Crippen LogP contribution in [-0.4, -0.2) is 17.3 Å². The van der Waals surface area contributed by atoms with Crippen molar-refractivity contribution in [3.63, 3.8) is 0 Å². The van der Waals surface area contributed by atoms with Gasteiger partial charge in [-0.05, 0) is 36.4 Å². The molecule has 0 saturated heterocycles. The Bertz CT molecular complexity index is 477. The fraction of sp³-hybridized carbons (Fsp3) is 0.0769. The Kier molecular flexibility index (Phi) is 4.68. The smallest absolute Gasteiger partial charge is 0.145 e. The van der Waals surface area contributed by atoms with E-state index in [1.54, 1.807) is 30.3 Å². The highest BCUT2D eigenvalue weighted by molar-refractivity contribution is 5.55. The fourth-order valence-corrected chi connectivity index (χ4v) is 1.17. The summed E-state index contributed by atoms with van der Waals surface area (Å²) in [5.74, 6) is 0.908. The predicted octanol–water partition coefficient (Wildman–Crippen LogP) is 1.96. The third-order valence-corrected chi connectivity index (χ3v) is 2.11. The lowest BCUT2D eigenvalue weighted by Gasteiger charge is -2.02. The molecule has 0 fully saturated rings. The Morgan fingerprint density at radius 1 is 0.889 bits per heavy atom. The molecule has 0 heterocycles. The van der Waals surface area contributed by atoms with Crippen LogP contribution in [0.2, 0.25) is 0 Å². The number of methoxy groups -OCH3 is 1. The Morgan fingerprint density at radius 2 is 1.44 bits per heavy atom. The van der Waals surface area contributed by atoms with Crippen LogP contribution in [0, 0.1) is 0 Å². The number of phenols is 2. The largest absolute Gasteiger partial charge is 0.508 e. The van der Waals surface area contributed by atoms with E-state index in [0.29, 0.717) is 17.1 Å². The van der Waals surface area contributed by atoms with Gasteiger partial charge in [0, 0.05) is 11.8 Å². The molecule has 5 heteroatoms. The number of phenolic OH excluding ortho intramolecular Hbond substituents is 2. The number of hydrogen-bond acceptors (Lipinski definition) is 5. The first-order valence-corrected chi connectivity index (χ1v) is 5.20. The van der Waals surface area contributed by atoms with Crippen LogP contribution in [0.25, 0.3) is 0 Å². The molecule has 0 unspecified atom stereocenters. The molecule has 2 aromatic rings. The molecule has 2 rings (SSSR count). The van der Waals surface area contributed by atoms with Crippen molar-refractivity contribution >= 4 is 11.4 Å². The van der Waals surface area contributed by atoms with Crippen molar-refractivity contribution in [1.29, 1.82) is 0 Å². The van der Waals surface area contributed by atoms with Gasteiger partial charge in [0.05, 0.1) is 12.8 Å². The van der Waals surface area contributed by atoms with Gasteiger partial charge in [0.25, 0.3) is 0 Å². The molecule has 0 aliphatic rings. The van der Waals surface area contributed by atoms with E-state index in [1.807, 2.05) is 0 Å². The summed E-state index contributed by atoms with van der Waals surface area (Å²) in [7, 11) is 1.51. The van der Waals surface area contributed by atoms with Gasteiger partial charge >= 0.3 is 0 Å². The highest BCUT2D eigenvalue weighted by Crippen LogP contribution is 2.24. The van der Waals surface area contributed by atoms with Crippen molar-refractivity contribution in [1.82, 2.24) is 0 Å². The normalized spacial score (nSPS) is 9.17. The number of rotatable bonds is 1. The summed E-state index contributed by atoms with van der Waals surface area (Å²) in [4.78, 5) is 0. The number of nitrogens with two attached hydrogens (primary N) is 2. The standard InChI is InChI=1S/C7H9NO2.C6H7NO/c1-10-7-4-5(9)2-3-6(7)8;7-5-1-3-6(8)4-2-5/h2-4,9H,8H2,1H3;1-4,8H,7H2. The lowest BCUT2D eigenvalue weighted by Crippen LogP contribution is -1.90. The van der Waals surface area contributed by atoms with Crippen molar-refractivity contribution in [3.8, 4) is 17.2 Å². The first-order chi connectivity index (χ1) is 8.52. The van der Waals surface area contributed by atoms with Crippen molar-refractivity contribution in [2.24, 2.45) is 0 Å². The van der Waals surface area contributed by atoms with Crippen LogP contribution in [0.4, 0.5) is 11.4 Å². The minimum Gasteiger partial charge on any atom is -0.508 e. The maximum Gasteiger partial charge on any atom is 0.145 e. The maximum atomic E-state index is 8.93. The summed E-state index contributed by atoms with van der Waals surface area (Å²) >= 11 is 0. The van der Waals surface area contributed by atoms with E-state index in [-0.39, 0.29) is 11.5 Å². The summed E-state index contributed by atoms with van der Waals surface area (Å²) in [5.41, 5.74) is 12.0. The number of hydrogen-bond donors (Lipinski definition) is 4.